The molecule has 3 aromatic rings. The first kappa shape index (κ1) is 13.2. The maximum atomic E-state index is 12.2. The third-order valence-electron chi connectivity index (χ3n) is 3.18. The van der Waals surface area contributed by atoms with Gasteiger partial charge in [-0.25, -0.2) is 0 Å². The van der Waals surface area contributed by atoms with Crippen LogP contribution in [0.15, 0.2) is 60.9 Å². The Morgan fingerprint density at radius 1 is 1.00 bits per heavy atom. The number of anilines is 1. The first-order valence-corrected chi connectivity index (χ1v) is 6.56. The van der Waals surface area contributed by atoms with Gasteiger partial charge in [-0.2, -0.15) is 0 Å². The average Bonchev–Trinajstić information content (AvgIpc) is 2.55. The van der Waals surface area contributed by atoms with E-state index in [1.807, 2.05) is 36.4 Å². The van der Waals surface area contributed by atoms with Crippen molar-refractivity contribution in [3.8, 4) is 0 Å². The van der Waals surface area contributed by atoms with Gasteiger partial charge in [0.05, 0.1) is 11.0 Å². The number of aromatic nitrogens is 2. The van der Waals surface area contributed by atoms with Crippen molar-refractivity contribution in [1.82, 2.24) is 9.97 Å². The van der Waals surface area contributed by atoms with Gasteiger partial charge < -0.3 is 11.1 Å². The molecular formula is C16H14N4O. The highest BCUT2D eigenvalue weighted by Gasteiger charge is 2.15. The fraction of sp³-hybridized carbons (Fsp3) is 0.0625. The van der Waals surface area contributed by atoms with Gasteiger partial charge >= 0.3 is 0 Å². The van der Waals surface area contributed by atoms with Gasteiger partial charge in [-0.3, -0.25) is 14.8 Å². The molecule has 0 fully saturated rings. The third-order valence-corrected chi connectivity index (χ3v) is 3.18. The summed E-state index contributed by atoms with van der Waals surface area (Å²) in [5, 5.41) is 2.80. The van der Waals surface area contributed by atoms with Crippen LogP contribution in [0.5, 0.6) is 0 Å². The van der Waals surface area contributed by atoms with Gasteiger partial charge in [0.25, 0.3) is 0 Å². The molecule has 5 nitrogen and oxygen atoms in total. The van der Waals surface area contributed by atoms with Crippen LogP contribution in [0.1, 0.15) is 11.6 Å². The number of rotatable bonds is 3. The van der Waals surface area contributed by atoms with Gasteiger partial charge in [-0.1, -0.05) is 30.3 Å². The molecule has 0 saturated carbocycles. The van der Waals surface area contributed by atoms with Crippen LogP contribution < -0.4 is 11.1 Å². The van der Waals surface area contributed by atoms with Crippen molar-refractivity contribution >= 4 is 22.6 Å². The highest BCUT2D eigenvalue weighted by molar-refractivity contribution is 5.96. The predicted octanol–water partition coefficient (Wildman–Crippen LogP) is 2.27. The number of benzene rings is 2. The van der Waals surface area contributed by atoms with Crippen LogP contribution in [0.3, 0.4) is 0 Å². The van der Waals surface area contributed by atoms with Crippen molar-refractivity contribution in [2.45, 2.75) is 6.04 Å². The third kappa shape index (κ3) is 2.88. The number of carbonyl (C=O) groups is 1. The van der Waals surface area contributed by atoms with Crippen molar-refractivity contribution in [1.29, 1.82) is 0 Å². The fourth-order valence-electron chi connectivity index (χ4n) is 2.07. The van der Waals surface area contributed by atoms with E-state index >= 15 is 0 Å². The Morgan fingerprint density at radius 3 is 2.48 bits per heavy atom. The van der Waals surface area contributed by atoms with E-state index in [0.717, 1.165) is 16.6 Å². The van der Waals surface area contributed by atoms with Crippen molar-refractivity contribution in [3.63, 3.8) is 0 Å². The van der Waals surface area contributed by atoms with Crippen molar-refractivity contribution in [3.05, 3.63) is 66.5 Å². The molecular weight excluding hydrogens is 264 g/mol. The Labute approximate surface area is 121 Å². The zero-order chi connectivity index (χ0) is 14.7. The summed E-state index contributed by atoms with van der Waals surface area (Å²) in [6.45, 7) is 0. The van der Waals surface area contributed by atoms with E-state index in [-0.39, 0.29) is 5.91 Å². The highest BCUT2D eigenvalue weighted by atomic mass is 16.2. The molecule has 0 aliphatic rings. The van der Waals surface area contributed by atoms with Gasteiger partial charge in [-0.05, 0) is 23.8 Å². The highest BCUT2D eigenvalue weighted by Crippen LogP contribution is 2.17. The maximum Gasteiger partial charge on any atom is 0.245 e. The number of fused-ring (bicyclic) bond motifs is 1. The first-order chi connectivity index (χ1) is 10.2. The lowest BCUT2D eigenvalue weighted by Gasteiger charge is -2.12. The van der Waals surface area contributed by atoms with Crippen molar-refractivity contribution in [2.75, 3.05) is 5.32 Å². The number of nitrogens with two attached hydrogens (primary N) is 1. The van der Waals surface area contributed by atoms with E-state index in [0.29, 0.717) is 5.69 Å². The second-order valence-electron chi connectivity index (χ2n) is 4.64. The maximum absolute atomic E-state index is 12.2. The first-order valence-electron chi connectivity index (χ1n) is 6.56. The minimum Gasteiger partial charge on any atom is -0.324 e. The summed E-state index contributed by atoms with van der Waals surface area (Å²) < 4.78 is 0. The number of nitrogens with one attached hydrogen (secondary N) is 1. The molecule has 0 bridgehead atoms. The van der Waals surface area contributed by atoms with Crippen LogP contribution in [0.25, 0.3) is 11.0 Å². The normalized spacial score (nSPS) is 12.0. The second-order valence-corrected chi connectivity index (χ2v) is 4.64. The molecule has 0 radical (unpaired) electrons. The van der Waals surface area contributed by atoms with Gasteiger partial charge in [0, 0.05) is 18.1 Å². The lowest BCUT2D eigenvalue weighted by Crippen LogP contribution is -2.27. The summed E-state index contributed by atoms with van der Waals surface area (Å²) in [4.78, 5) is 20.6. The van der Waals surface area contributed by atoms with Gasteiger partial charge in [0.1, 0.15) is 6.04 Å². The quantitative estimate of drug-likeness (QED) is 0.770. The molecule has 3 rings (SSSR count). The van der Waals surface area contributed by atoms with Crippen molar-refractivity contribution in [2.24, 2.45) is 5.73 Å². The SMILES string of the molecule is NC(C(=O)Nc1ccc2nccnc2c1)c1ccccc1. The number of hydrogen-bond acceptors (Lipinski definition) is 4. The minimum absolute atomic E-state index is 0.260. The molecule has 1 atom stereocenters. The monoisotopic (exact) mass is 278 g/mol. The summed E-state index contributed by atoms with van der Waals surface area (Å²) in [6.07, 6.45) is 3.25. The number of hydrogen-bond donors (Lipinski definition) is 2. The van der Waals surface area contributed by atoms with E-state index in [2.05, 4.69) is 15.3 Å². The van der Waals surface area contributed by atoms with Gasteiger partial charge in [-0.15, -0.1) is 0 Å². The summed E-state index contributed by atoms with van der Waals surface area (Å²) in [7, 11) is 0. The molecule has 5 heteroatoms. The molecule has 0 aliphatic carbocycles. The van der Waals surface area contributed by atoms with E-state index in [4.69, 9.17) is 5.73 Å². The van der Waals surface area contributed by atoms with E-state index in [1.165, 1.54) is 0 Å². The topological polar surface area (TPSA) is 80.9 Å². The molecule has 1 heterocycles. The number of nitrogens with zero attached hydrogens (tertiary/aromatic N) is 2. The lowest BCUT2D eigenvalue weighted by molar-refractivity contribution is -0.117. The van der Waals surface area contributed by atoms with Gasteiger partial charge in [0.15, 0.2) is 0 Å². The minimum atomic E-state index is -0.705. The molecule has 3 N–H and O–H groups in total. The Bertz CT molecular complexity index is 773. The zero-order valence-corrected chi connectivity index (χ0v) is 11.2. The van der Waals surface area contributed by atoms with E-state index < -0.39 is 6.04 Å². The summed E-state index contributed by atoms with van der Waals surface area (Å²) in [5.74, 6) is -0.260. The van der Waals surface area contributed by atoms with Gasteiger partial charge in [0.2, 0.25) is 5.91 Å². The summed E-state index contributed by atoms with van der Waals surface area (Å²) in [5.41, 5.74) is 8.89. The molecule has 1 aromatic heterocycles. The predicted molar refractivity (Wildman–Crippen MR) is 81.5 cm³/mol. The van der Waals surface area contributed by atoms with Crippen molar-refractivity contribution < 1.29 is 4.79 Å². The standard InChI is InChI=1S/C16H14N4O/c17-15(11-4-2-1-3-5-11)16(21)20-12-6-7-13-14(10-12)19-9-8-18-13/h1-10,15H,17H2,(H,20,21). The molecule has 1 amide bonds. The molecule has 2 aromatic carbocycles. The Morgan fingerprint density at radius 2 is 1.71 bits per heavy atom. The van der Waals surface area contributed by atoms with E-state index in [1.54, 1.807) is 24.5 Å². The van der Waals surface area contributed by atoms with Crippen LogP contribution in [-0.4, -0.2) is 15.9 Å². The molecule has 21 heavy (non-hydrogen) atoms. The van der Waals surface area contributed by atoms with Crippen LogP contribution in [0.4, 0.5) is 5.69 Å². The Kier molecular flexibility index (Phi) is 3.57. The largest absolute Gasteiger partial charge is 0.324 e. The van der Waals surface area contributed by atoms with Crippen LogP contribution >= 0.6 is 0 Å². The lowest BCUT2D eigenvalue weighted by atomic mass is 10.1. The molecule has 0 aliphatic heterocycles. The van der Waals surface area contributed by atoms with Crippen LogP contribution in [0.2, 0.25) is 0 Å². The summed E-state index contributed by atoms with van der Waals surface area (Å²) >= 11 is 0. The Balaban J connectivity index is 1.80. The summed E-state index contributed by atoms with van der Waals surface area (Å²) in [6, 6.07) is 13.9. The second kappa shape index (κ2) is 5.68. The van der Waals surface area contributed by atoms with Crippen LogP contribution in [-0.2, 0) is 4.79 Å². The Hall–Kier alpha value is -2.79. The smallest absolute Gasteiger partial charge is 0.245 e. The number of carbonyl (C=O) groups excluding carboxylic acids is 1. The molecule has 0 saturated heterocycles. The average molecular weight is 278 g/mol. The molecule has 0 spiro atoms. The fourth-order valence-corrected chi connectivity index (χ4v) is 2.07. The van der Waals surface area contributed by atoms with E-state index in [9.17, 15) is 4.79 Å². The van der Waals surface area contributed by atoms with Crippen LogP contribution in [0, 0.1) is 0 Å². The molecule has 1 unspecified atom stereocenters. The number of amides is 1. The molecule has 104 valence electrons. The zero-order valence-electron chi connectivity index (χ0n) is 11.2.